The summed E-state index contributed by atoms with van der Waals surface area (Å²) in [5.41, 5.74) is 1.33. The van der Waals surface area contributed by atoms with Crippen LogP contribution in [0.2, 0.25) is 0 Å². The fourth-order valence-corrected chi connectivity index (χ4v) is 1.68. The van der Waals surface area contributed by atoms with Gasteiger partial charge in [-0.25, -0.2) is 0 Å². The molecular weight excluding hydrogens is 198 g/mol. The predicted octanol–water partition coefficient (Wildman–Crippen LogP) is 3.10. The number of amides is 1. The number of fused-ring (bicyclic) bond motifs is 1. The minimum absolute atomic E-state index is 0.107. The molecule has 0 aliphatic carbocycles. The molecule has 2 aromatic carbocycles. The van der Waals surface area contributed by atoms with Gasteiger partial charge < -0.3 is 5.32 Å². The first-order valence-electron chi connectivity index (χ1n) is 5.13. The molecular formula is C14H13NO. The van der Waals surface area contributed by atoms with Gasteiger partial charge in [0.2, 0.25) is 0 Å². The van der Waals surface area contributed by atoms with E-state index in [-0.39, 0.29) is 5.91 Å². The molecule has 0 aliphatic heterocycles. The van der Waals surface area contributed by atoms with Gasteiger partial charge in [-0.15, -0.1) is 0 Å². The average Bonchev–Trinajstić information content (AvgIpc) is 2.27. The highest BCUT2D eigenvalue weighted by atomic mass is 16.1. The molecule has 0 bridgehead atoms. The summed E-state index contributed by atoms with van der Waals surface area (Å²) in [7, 11) is 0. The molecule has 0 aliphatic rings. The van der Waals surface area contributed by atoms with Crippen LogP contribution in [-0.2, 0) is 0 Å². The fourth-order valence-electron chi connectivity index (χ4n) is 1.68. The third-order valence-electron chi connectivity index (χ3n) is 2.36. The predicted molar refractivity (Wildman–Crippen MR) is 66.2 cm³/mol. The lowest BCUT2D eigenvalue weighted by Crippen LogP contribution is -2.20. The largest absolute Gasteiger partial charge is 0.327 e. The van der Waals surface area contributed by atoms with Crippen LogP contribution in [0.5, 0.6) is 0 Å². The van der Waals surface area contributed by atoms with Crippen molar-refractivity contribution in [3.8, 4) is 0 Å². The highest BCUT2D eigenvalue weighted by Gasteiger charge is 2.08. The van der Waals surface area contributed by atoms with Crippen molar-refractivity contribution in [3.63, 3.8) is 0 Å². The minimum atomic E-state index is -0.107. The molecule has 0 unspecified atom stereocenters. The summed E-state index contributed by atoms with van der Waals surface area (Å²) in [6.07, 6.45) is 0. The molecule has 2 nitrogen and oxygen atoms in total. The lowest BCUT2D eigenvalue weighted by molar-refractivity contribution is 0.0968. The van der Waals surface area contributed by atoms with Crippen LogP contribution in [0.25, 0.3) is 10.8 Å². The van der Waals surface area contributed by atoms with Crippen molar-refractivity contribution in [1.29, 1.82) is 0 Å². The van der Waals surface area contributed by atoms with E-state index in [1.165, 1.54) is 0 Å². The number of benzene rings is 2. The van der Waals surface area contributed by atoms with Gasteiger partial charge in [0.25, 0.3) is 5.91 Å². The standard InChI is InChI=1S/C14H13NO/c1-10(2)15-14(16)13-9-5-7-11-6-3-4-8-12(11)13/h3-9H,1H2,2H3,(H,15,16). The second kappa shape index (κ2) is 4.19. The van der Waals surface area contributed by atoms with E-state index in [2.05, 4.69) is 11.9 Å². The van der Waals surface area contributed by atoms with Crippen molar-refractivity contribution in [2.45, 2.75) is 6.92 Å². The average molecular weight is 211 g/mol. The molecule has 0 atom stereocenters. The summed E-state index contributed by atoms with van der Waals surface area (Å²) < 4.78 is 0. The van der Waals surface area contributed by atoms with E-state index in [1.807, 2.05) is 42.5 Å². The van der Waals surface area contributed by atoms with Crippen LogP contribution in [0.1, 0.15) is 17.3 Å². The van der Waals surface area contributed by atoms with E-state index in [1.54, 1.807) is 6.92 Å². The van der Waals surface area contributed by atoms with Gasteiger partial charge in [0.15, 0.2) is 0 Å². The first-order chi connectivity index (χ1) is 7.68. The quantitative estimate of drug-likeness (QED) is 0.812. The van der Waals surface area contributed by atoms with Crippen molar-refractivity contribution in [2.24, 2.45) is 0 Å². The van der Waals surface area contributed by atoms with Gasteiger partial charge >= 0.3 is 0 Å². The Morgan fingerprint density at radius 1 is 1.12 bits per heavy atom. The summed E-state index contributed by atoms with van der Waals surface area (Å²) in [4.78, 5) is 11.9. The van der Waals surface area contributed by atoms with Crippen molar-refractivity contribution < 1.29 is 4.79 Å². The number of hydrogen-bond donors (Lipinski definition) is 1. The van der Waals surface area contributed by atoms with E-state index in [9.17, 15) is 4.79 Å². The molecule has 80 valence electrons. The van der Waals surface area contributed by atoms with E-state index in [0.717, 1.165) is 10.8 Å². The zero-order valence-electron chi connectivity index (χ0n) is 9.16. The second-order valence-electron chi connectivity index (χ2n) is 3.76. The van der Waals surface area contributed by atoms with Crippen LogP contribution in [0, 0.1) is 0 Å². The molecule has 2 heteroatoms. The summed E-state index contributed by atoms with van der Waals surface area (Å²) in [5.74, 6) is -0.107. The third-order valence-corrected chi connectivity index (χ3v) is 2.36. The molecule has 0 saturated carbocycles. The zero-order valence-corrected chi connectivity index (χ0v) is 9.16. The first-order valence-corrected chi connectivity index (χ1v) is 5.13. The zero-order chi connectivity index (χ0) is 11.5. The minimum Gasteiger partial charge on any atom is -0.327 e. The molecule has 0 spiro atoms. The van der Waals surface area contributed by atoms with Crippen LogP contribution in [0.4, 0.5) is 0 Å². The maximum atomic E-state index is 11.9. The Balaban J connectivity index is 2.52. The second-order valence-corrected chi connectivity index (χ2v) is 3.76. The molecule has 0 saturated heterocycles. The topological polar surface area (TPSA) is 29.1 Å². The van der Waals surface area contributed by atoms with E-state index in [0.29, 0.717) is 11.3 Å². The molecule has 1 amide bonds. The molecule has 0 aromatic heterocycles. The van der Waals surface area contributed by atoms with Crippen LogP contribution in [0.3, 0.4) is 0 Å². The summed E-state index contributed by atoms with van der Waals surface area (Å²) in [6, 6.07) is 13.5. The van der Waals surface area contributed by atoms with Crippen LogP contribution >= 0.6 is 0 Å². The molecule has 2 rings (SSSR count). The number of nitrogens with one attached hydrogen (secondary N) is 1. The molecule has 1 N–H and O–H groups in total. The molecule has 16 heavy (non-hydrogen) atoms. The Kier molecular flexibility index (Phi) is 2.73. The summed E-state index contributed by atoms with van der Waals surface area (Å²) in [5, 5.41) is 4.75. The van der Waals surface area contributed by atoms with Gasteiger partial charge in [-0.1, -0.05) is 43.0 Å². The number of allylic oxidation sites excluding steroid dienone is 1. The Hall–Kier alpha value is -2.09. The Morgan fingerprint density at radius 3 is 2.56 bits per heavy atom. The Bertz CT molecular complexity index is 552. The van der Waals surface area contributed by atoms with Gasteiger partial charge in [-0.3, -0.25) is 4.79 Å². The van der Waals surface area contributed by atoms with Gasteiger partial charge in [-0.2, -0.15) is 0 Å². The molecule has 0 fully saturated rings. The number of carbonyl (C=O) groups is 1. The monoisotopic (exact) mass is 211 g/mol. The normalized spacial score (nSPS) is 10.1. The third kappa shape index (κ3) is 1.96. The Labute approximate surface area is 94.6 Å². The van der Waals surface area contributed by atoms with E-state index < -0.39 is 0 Å². The molecule has 0 heterocycles. The maximum Gasteiger partial charge on any atom is 0.256 e. The molecule has 0 radical (unpaired) electrons. The van der Waals surface area contributed by atoms with Gasteiger partial charge in [0, 0.05) is 11.3 Å². The number of rotatable bonds is 2. The fraction of sp³-hybridized carbons (Fsp3) is 0.0714. The highest BCUT2D eigenvalue weighted by Crippen LogP contribution is 2.18. The first kappa shape index (κ1) is 10.4. The SMILES string of the molecule is C=C(C)NC(=O)c1cccc2ccccc12. The summed E-state index contributed by atoms with van der Waals surface area (Å²) >= 11 is 0. The van der Waals surface area contributed by atoms with Gasteiger partial charge in [-0.05, 0) is 23.8 Å². The maximum absolute atomic E-state index is 11.9. The number of carbonyl (C=O) groups excluding carboxylic acids is 1. The van der Waals surface area contributed by atoms with Gasteiger partial charge in [0.1, 0.15) is 0 Å². The van der Waals surface area contributed by atoms with Crippen molar-refractivity contribution in [2.75, 3.05) is 0 Å². The Morgan fingerprint density at radius 2 is 1.81 bits per heavy atom. The van der Waals surface area contributed by atoms with Crippen LogP contribution in [0.15, 0.2) is 54.7 Å². The lowest BCUT2D eigenvalue weighted by Gasteiger charge is -2.07. The molecule has 2 aromatic rings. The van der Waals surface area contributed by atoms with Crippen LogP contribution < -0.4 is 5.32 Å². The van der Waals surface area contributed by atoms with Crippen molar-refractivity contribution in [3.05, 3.63) is 60.3 Å². The van der Waals surface area contributed by atoms with Crippen molar-refractivity contribution in [1.82, 2.24) is 5.32 Å². The number of hydrogen-bond acceptors (Lipinski definition) is 1. The lowest BCUT2D eigenvalue weighted by atomic mass is 10.0. The van der Waals surface area contributed by atoms with E-state index in [4.69, 9.17) is 0 Å². The summed E-state index contributed by atoms with van der Waals surface area (Å²) in [6.45, 7) is 5.44. The van der Waals surface area contributed by atoms with Crippen molar-refractivity contribution >= 4 is 16.7 Å². The van der Waals surface area contributed by atoms with Gasteiger partial charge in [0.05, 0.1) is 0 Å². The highest BCUT2D eigenvalue weighted by molar-refractivity contribution is 6.07. The van der Waals surface area contributed by atoms with Crippen LogP contribution in [-0.4, -0.2) is 5.91 Å². The van der Waals surface area contributed by atoms with E-state index >= 15 is 0 Å². The smallest absolute Gasteiger partial charge is 0.256 e.